The van der Waals surface area contributed by atoms with Crippen molar-refractivity contribution < 1.29 is 0 Å². The van der Waals surface area contributed by atoms with E-state index in [1.165, 1.54) is 65.0 Å². The van der Waals surface area contributed by atoms with E-state index in [1.807, 2.05) is 0 Å². The summed E-state index contributed by atoms with van der Waals surface area (Å²) >= 11 is 0. The first-order valence-corrected chi connectivity index (χ1v) is 8.68. The van der Waals surface area contributed by atoms with Gasteiger partial charge in [0.2, 0.25) is 0 Å². The molecule has 116 valence electrons. The highest BCUT2D eigenvalue weighted by Gasteiger charge is 2.53. The normalized spacial score (nSPS) is 39.0. The Bertz CT molecular complexity index is 330. The quantitative estimate of drug-likeness (QED) is 0.814. The third-order valence-electron chi connectivity index (χ3n) is 6.29. The average molecular weight is 280 g/mol. The fraction of sp³-hybridized carbons (Fsp3) is 1.00. The summed E-state index contributed by atoms with van der Waals surface area (Å²) in [4.78, 5) is 8.11. The maximum Gasteiger partial charge on any atom is 0.0499 e. The van der Waals surface area contributed by atoms with Gasteiger partial charge in [0.1, 0.15) is 0 Å². The van der Waals surface area contributed by atoms with Gasteiger partial charge < -0.3 is 5.73 Å². The molecule has 3 unspecified atom stereocenters. The van der Waals surface area contributed by atoms with Gasteiger partial charge in [0.15, 0.2) is 0 Å². The van der Waals surface area contributed by atoms with Crippen LogP contribution in [0.4, 0.5) is 0 Å². The molecule has 3 aliphatic heterocycles. The molecule has 0 spiro atoms. The lowest BCUT2D eigenvalue weighted by atomic mass is 9.87. The van der Waals surface area contributed by atoms with E-state index in [1.54, 1.807) is 0 Å². The van der Waals surface area contributed by atoms with Crippen molar-refractivity contribution in [2.45, 2.75) is 57.2 Å². The van der Waals surface area contributed by atoms with Crippen LogP contribution in [0.2, 0.25) is 0 Å². The zero-order valence-electron chi connectivity index (χ0n) is 13.4. The van der Waals surface area contributed by atoms with Crippen LogP contribution in [0, 0.1) is 0 Å². The van der Waals surface area contributed by atoms with Gasteiger partial charge in [0.05, 0.1) is 0 Å². The SMILES string of the molecule is CCN(CC)C1CCN(C2(CN)CCN3CCCC32)C1. The Morgan fingerprint density at radius 3 is 2.65 bits per heavy atom. The molecule has 3 aliphatic rings. The van der Waals surface area contributed by atoms with Gasteiger partial charge in [-0.2, -0.15) is 0 Å². The molecule has 3 heterocycles. The molecule has 0 aromatic heterocycles. The van der Waals surface area contributed by atoms with E-state index in [9.17, 15) is 0 Å². The summed E-state index contributed by atoms with van der Waals surface area (Å²) < 4.78 is 0. The van der Waals surface area contributed by atoms with Crippen LogP contribution in [0.3, 0.4) is 0 Å². The number of likely N-dealkylation sites (N-methyl/N-ethyl adjacent to an activating group) is 1. The predicted octanol–water partition coefficient (Wildman–Crippen LogP) is 0.968. The van der Waals surface area contributed by atoms with Crippen LogP contribution < -0.4 is 5.73 Å². The summed E-state index contributed by atoms with van der Waals surface area (Å²) in [7, 11) is 0. The summed E-state index contributed by atoms with van der Waals surface area (Å²) in [6.45, 7) is 12.9. The number of hydrogen-bond donors (Lipinski definition) is 1. The van der Waals surface area contributed by atoms with Gasteiger partial charge in [-0.1, -0.05) is 13.8 Å². The maximum atomic E-state index is 6.31. The van der Waals surface area contributed by atoms with Crippen molar-refractivity contribution in [3.05, 3.63) is 0 Å². The Kier molecular flexibility index (Phi) is 4.37. The monoisotopic (exact) mass is 280 g/mol. The van der Waals surface area contributed by atoms with Crippen molar-refractivity contribution in [3.63, 3.8) is 0 Å². The number of rotatable bonds is 5. The lowest BCUT2D eigenvalue weighted by Crippen LogP contribution is -2.59. The molecule has 0 amide bonds. The molecule has 3 atom stereocenters. The Hall–Kier alpha value is -0.160. The van der Waals surface area contributed by atoms with Crippen LogP contribution in [-0.4, -0.2) is 78.1 Å². The molecule has 0 radical (unpaired) electrons. The first kappa shape index (κ1) is 14.8. The molecule has 3 rings (SSSR count). The van der Waals surface area contributed by atoms with E-state index in [4.69, 9.17) is 5.73 Å². The summed E-state index contributed by atoms with van der Waals surface area (Å²) in [5.74, 6) is 0. The van der Waals surface area contributed by atoms with E-state index >= 15 is 0 Å². The van der Waals surface area contributed by atoms with Crippen LogP contribution in [-0.2, 0) is 0 Å². The first-order chi connectivity index (χ1) is 9.75. The minimum absolute atomic E-state index is 0.290. The number of nitrogens with two attached hydrogens (primary N) is 1. The largest absolute Gasteiger partial charge is 0.329 e. The third kappa shape index (κ3) is 2.21. The van der Waals surface area contributed by atoms with Gasteiger partial charge in [0.25, 0.3) is 0 Å². The Balaban J connectivity index is 1.72. The predicted molar refractivity (Wildman–Crippen MR) is 83.9 cm³/mol. The lowest BCUT2D eigenvalue weighted by Gasteiger charge is -2.43. The first-order valence-electron chi connectivity index (χ1n) is 8.68. The molecule has 20 heavy (non-hydrogen) atoms. The zero-order chi connectivity index (χ0) is 14.2. The van der Waals surface area contributed by atoms with Crippen molar-refractivity contribution in [2.75, 3.05) is 45.8 Å². The topological polar surface area (TPSA) is 35.7 Å². The molecule has 0 aromatic carbocycles. The van der Waals surface area contributed by atoms with Gasteiger partial charge in [-0.3, -0.25) is 14.7 Å². The average Bonchev–Trinajstić information content (AvgIpc) is 3.16. The van der Waals surface area contributed by atoms with Gasteiger partial charge in [-0.15, -0.1) is 0 Å². The summed E-state index contributed by atoms with van der Waals surface area (Å²) in [6.07, 6.45) is 5.36. The molecular weight excluding hydrogens is 248 g/mol. The molecule has 0 aromatic rings. The van der Waals surface area contributed by atoms with Gasteiger partial charge in [-0.25, -0.2) is 0 Å². The summed E-state index contributed by atoms with van der Waals surface area (Å²) in [5, 5.41) is 0. The third-order valence-corrected chi connectivity index (χ3v) is 6.29. The van der Waals surface area contributed by atoms with Crippen molar-refractivity contribution >= 4 is 0 Å². The van der Waals surface area contributed by atoms with Crippen LogP contribution >= 0.6 is 0 Å². The Labute approximate surface area is 124 Å². The Morgan fingerprint density at radius 1 is 1.15 bits per heavy atom. The van der Waals surface area contributed by atoms with E-state index in [0.29, 0.717) is 5.54 Å². The van der Waals surface area contributed by atoms with E-state index < -0.39 is 0 Å². The smallest absolute Gasteiger partial charge is 0.0499 e. The number of fused-ring (bicyclic) bond motifs is 1. The number of likely N-dealkylation sites (tertiary alicyclic amines) is 1. The standard InChI is InChI=1S/C16H32N4/c1-3-18(4-2)14-7-10-20(12-14)16(13-17)8-11-19-9-5-6-15(16)19/h14-15H,3-13,17H2,1-2H3. The van der Waals surface area contributed by atoms with Crippen molar-refractivity contribution in [1.82, 2.24) is 14.7 Å². The molecule has 3 fully saturated rings. The fourth-order valence-electron chi connectivity index (χ4n) is 5.13. The Morgan fingerprint density at radius 2 is 1.95 bits per heavy atom. The highest BCUT2D eigenvalue weighted by atomic mass is 15.4. The second kappa shape index (κ2) is 5.91. The lowest BCUT2D eigenvalue weighted by molar-refractivity contribution is 0.0790. The van der Waals surface area contributed by atoms with Gasteiger partial charge in [0, 0.05) is 43.8 Å². The number of hydrogen-bond acceptors (Lipinski definition) is 4. The van der Waals surface area contributed by atoms with Crippen molar-refractivity contribution in [1.29, 1.82) is 0 Å². The van der Waals surface area contributed by atoms with Gasteiger partial charge in [-0.05, 0) is 45.3 Å². The molecule has 0 aliphatic carbocycles. The minimum atomic E-state index is 0.290. The summed E-state index contributed by atoms with van der Waals surface area (Å²) in [6, 6.07) is 1.49. The molecule has 0 saturated carbocycles. The van der Waals surface area contributed by atoms with Crippen molar-refractivity contribution in [3.8, 4) is 0 Å². The second-order valence-electron chi connectivity index (χ2n) is 6.86. The van der Waals surface area contributed by atoms with Crippen LogP contribution in [0.25, 0.3) is 0 Å². The van der Waals surface area contributed by atoms with Crippen LogP contribution in [0.1, 0.15) is 39.5 Å². The highest BCUT2D eigenvalue weighted by molar-refractivity contribution is 5.11. The van der Waals surface area contributed by atoms with Gasteiger partial charge >= 0.3 is 0 Å². The summed E-state index contributed by atoms with van der Waals surface area (Å²) in [5.41, 5.74) is 6.60. The number of nitrogens with zero attached hydrogens (tertiary/aromatic N) is 3. The molecule has 4 heteroatoms. The molecule has 4 nitrogen and oxygen atoms in total. The molecular formula is C16H32N4. The van der Waals surface area contributed by atoms with E-state index in [2.05, 4.69) is 28.5 Å². The van der Waals surface area contributed by atoms with E-state index in [-0.39, 0.29) is 0 Å². The molecule has 3 saturated heterocycles. The maximum absolute atomic E-state index is 6.31. The van der Waals surface area contributed by atoms with Crippen LogP contribution in [0.15, 0.2) is 0 Å². The fourth-order valence-corrected chi connectivity index (χ4v) is 5.13. The minimum Gasteiger partial charge on any atom is -0.329 e. The van der Waals surface area contributed by atoms with Crippen LogP contribution in [0.5, 0.6) is 0 Å². The molecule has 0 bridgehead atoms. The van der Waals surface area contributed by atoms with E-state index in [0.717, 1.165) is 18.6 Å². The zero-order valence-corrected chi connectivity index (χ0v) is 13.4. The second-order valence-corrected chi connectivity index (χ2v) is 6.86. The molecule has 2 N–H and O–H groups in total. The highest BCUT2D eigenvalue weighted by Crippen LogP contribution is 2.41. The van der Waals surface area contributed by atoms with Crippen molar-refractivity contribution in [2.24, 2.45) is 5.73 Å².